The van der Waals surface area contributed by atoms with Crippen molar-refractivity contribution in [3.8, 4) is 11.9 Å². The first kappa shape index (κ1) is 18.1. The second-order valence-electron chi connectivity index (χ2n) is 8.86. The van der Waals surface area contributed by atoms with Gasteiger partial charge in [0.25, 0.3) is 0 Å². The molecule has 1 aliphatic rings. The van der Waals surface area contributed by atoms with Crippen molar-refractivity contribution in [2.75, 3.05) is 0 Å². The molecule has 26 heavy (non-hydrogen) atoms. The molecule has 1 aromatic heterocycles. The molecule has 3 N–H and O–H groups in total. The third kappa shape index (κ3) is 2.96. The third-order valence-corrected chi connectivity index (χ3v) is 4.80. The molecular weight excluding hydrogens is 324 g/mol. The predicted octanol–water partition coefficient (Wildman–Crippen LogP) is 4.22. The van der Waals surface area contributed by atoms with Crippen molar-refractivity contribution in [1.29, 1.82) is 5.26 Å². The van der Waals surface area contributed by atoms with Crippen LogP contribution >= 0.6 is 0 Å². The van der Waals surface area contributed by atoms with Crippen LogP contribution in [-0.4, -0.2) is 10.2 Å². The number of nitrogens with zero attached hydrogens (tertiary/aromatic N) is 2. The molecule has 0 saturated heterocycles. The van der Waals surface area contributed by atoms with Gasteiger partial charge in [0.2, 0.25) is 11.8 Å². The zero-order valence-electron chi connectivity index (χ0n) is 16.3. The van der Waals surface area contributed by atoms with E-state index in [-0.39, 0.29) is 22.6 Å². The van der Waals surface area contributed by atoms with E-state index in [4.69, 9.17) is 10.5 Å². The van der Waals surface area contributed by atoms with Gasteiger partial charge in [-0.3, -0.25) is 5.10 Å². The monoisotopic (exact) mass is 350 g/mol. The Morgan fingerprint density at radius 2 is 1.69 bits per heavy atom. The van der Waals surface area contributed by atoms with Gasteiger partial charge in [-0.05, 0) is 16.5 Å². The van der Waals surface area contributed by atoms with E-state index in [0.29, 0.717) is 11.5 Å². The quantitative estimate of drug-likeness (QED) is 0.806. The number of benzene rings is 1. The lowest BCUT2D eigenvalue weighted by molar-refractivity contribution is 0.378. The highest BCUT2D eigenvalue weighted by Gasteiger charge is 2.38. The number of hydrogen-bond donors (Lipinski definition) is 2. The molecule has 5 nitrogen and oxygen atoms in total. The summed E-state index contributed by atoms with van der Waals surface area (Å²) >= 11 is 0. The second kappa shape index (κ2) is 5.91. The minimum Gasteiger partial charge on any atom is -0.420 e. The molecule has 2 aromatic rings. The van der Waals surface area contributed by atoms with Gasteiger partial charge in [-0.15, -0.1) is 5.10 Å². The summed E-state index contributed by atoms with van der Waals surface area (Å²) in [5.74, 6) is 0.291. The summed E-state index contributed by atoms with van der Waals surface area (Å²) in [4.78, 5) is 0. The zero-order valence-corrected chi connectivity index (χ0v) is 16.3. The Balaban J connectivity index is 2.19. The largest absolute Gasteiger partial charge is 0.420 e. The van der Waals surface area contributed by atoms with Gasteiger partial charge in [-0.1, -0.05) is 65.8 Å². The molecule has 1 aromatic carbocycles. The first-order valence-electron chi connectivity index (χ1n) is 8.81. The van der Waals surface area contributed by atoms with Gasteiger partial charge >= 0.3 is 0 Å². The first-order chi connectivity index (χ1) is 12.0. The average Bonchev–Trinajstić information content (AvgIpc) is 2.96. The molecule has 1 unspecified atom stereocenters. The Morgan fingerprint density at radius 1 is 1.08 bits per heavy atom. The van der Waals surface area contributed by atoms with Gasteiger partial charge in [0.15, 0.2) is 0 Å². The molecule has 0 saturated carbocycles. The maximum absolute atomic E-state index is 9.74. The Hall–Kier alpha value is -2.74. The normalized spacial score (nSPS) is 17.5. The summed E-state index contributed by atoms with van der Waals surface area (Å²) in [6.45, 7) is 12.9. The molecule has 136 valence electrons. The van der Waals surface area contributed by atoms with Crippen LogP contribution in [0.15, 0.2) is 35.7 Å². The lowest BCUT2D eigenvalue weighted by Gasteiger charge is -2.28. The number of rotatable bonds is 1. The van der Waals surface area contributed by atoms with E-state index in [9.17, 15) is 5.26 Å². The van der Waals surface area contributed by atoms with Crippen molar-refractivity contribution in [1.82, 2.24) is 10.2 Å². The molecule has 5 heteroatoms. The van der Waals surface area contributed by atoms with Crippen LogP contribution in [0.1, 0.15) is 69.8 Å². The molecule has 2 heterocycles. The van der Waals surface area contributed by atoms with Crippen molar-refractivity contribution in [3.63, 3.8) is 0 Å². The number of ether oxygens (including phenoxy) is 1. The average molecular weight is 350 g/mol. The summed E-state index contributed by atoms with van der Waals surface area (Å²) < 4.78 is 5.63. The van der Waals surface area contributed by atoms with Gasteiger partial charge in [-0.25, -0.2) is 0 Å². The number of aromatic nitrogens is 2. The van der Waals surface area contributed by atoms with Crippen LogP contribution in [0.5, 0.6) is 5.88 Å². The minimum absolute atomic E-state index is 0.0680. The Kier molecular flexibility index (Phi) is 4.11. The fourth-order valence-corrected chi connectivity index (χ4v) is 3.33. The Bertz CT molecular complexity index is 899. The van der Waals surface area contributed by atoms with E-state index in [1.54, 1.807) is 0 Å². The molecule has 3 rings (SSSR count). The number of aromatic amines is 1. The lowest BCUT2D eigenvalue weighted by Crippen LogP contribution is -2.24. The van der Waals surface area contributed by atoms with Crippen molar-refractivity contribution >= 4 is 0 Å². The van der Waals surface area contributed by atoms with E-state index in [2.05, 4.69) is 82.1 Å². The van der Waals surface area contributed by atoms with Crippen LogP contribution in [0, 0.1) is 11.3 Å². The van der Waals surface area contributed by atoms with Crippen LogP contribution < -0.4 is 10.5 Å². The number of hydrogen-bond acceptors (Lipinski definition) is 4. The Morgan fingerprint density at radius 3 is 2.19 bits per heavy atom. The molecular formula is C21H26N4O. The van der Waals surface area contributed by atoms with E-state index in [1.165, 1.54) is 5.56 Å². The summed E-state index contributed by atoms with van der Waals surface area (Å²) in [7, 11) is 0. The van der Waals surface area contributed by atoms with Crippen molar-refractivity contribution in [2.45, 2.75) is 58.3 Å². The fraction of sp³-hybridized carbons (Fsp3) is 0.429. The number of H-pyrrole nitrogens is 1. The van der Waals surface area contributed by atoms with Gasteiger partial charge < -0.3 is 10.5 Å². The maximum Gasteiger partial charge on any atom is 0.244 e. The molecule has 1 aliphatic heterocycles. The predicted molar refractivity (Wildman–Crippen MR) is 102 cm³/mol. The van der Waals surface area contributed by atoms with E-state index in [1.807, 2.05) is 0 Å². The van der Waals surface area contributed by atoms with Crippen LogP contribution in [0.25, 0.3) is 0 Å². The molecule has 0 spiro atoms. The zero-order chi connectivity index (χ0) is 19.3. The van der Waals surface area contributed by atoms with E-state index >= 15 is 0 Å². The smallest absolute Gasteiger partial charge is 0.244 e. The van der Waals surface area contributed by atoms with Gasteiger partial charge in [0, 0.05) is 11.1 Å². The molecule has 0 radical (unpaired) electrons. The summed E-state index contributed by atoms with van der Waals surface area (Å²) in [5, 5.41) is 17.1. The van der Waals surface area contributed by atoms with Crippen molar-refractivity contribution < 1.29 is 4.74 Å². The molecule has 1 atom stereocenters. The summed E-state index contributed by atoms with van der Waals surface area (Å²) in [6, 6.07) is 10.6. The first-order valence-corrected chi connectivity index (χ1v) is 8.81. The van der Waals surface area contributed by atoms with Gasteiger partial charge in [0.05, 0.1) is 11.5 Å². The molecule has 0 amide bonds. The number of allylic oxidation sites excluding steroid dienone is 1. The number of nitrogens with one attached hydrogen (secondary N) is 1. The van der Waals surface area contributed by atoms with E-state index in [0.717, 1.165) is 16.8 Å². The standard InChI is InChI=1S/C21H26N4O/c1-20(2,3)13-9-7-12(8-10-13)15-14(11-22)18(23)26-19-16(15)17(24-25-19)21(4,5)6/h7-10,15H,23H2,1-6H3,(H,24,25). The fourth-order valence-electron chi connectivity index (χ4n) is 3.33. The van der Waals surface area contributed by atoms with Gasteiger partial charge in [0.1, 0.15) is 11.6 Å². The summed E-state index contributed by atoms with van der Waals surface area (Å²) in [5.41, 5.74) is 10.5. The molecule has 0 aliphatic carbocycles. The number of nitriles is 1. The molecule has 0 fully saturated rings. The lowest BCUT2D eigenvalue weighted by atomic mass is 9.78. The van der Waals surface area contributed by atoms with Crippen LogP contribution in [0.2, 0.25) is 0 Å². The van der Waals surface area contributed by atoms with E-state index < -0.39 is 0 Å². The van der Waals surface area contributed by atoms with Crippen LogP contribution in [0.4, 0.5) is 0 Å². The van der Waals surface area contributed by atoms with Gasteiger partial charge in [-0.2, -0.15) is 5.26 Å². The second-order valence-corrected chi connectivity index (χ2v) is 8.86. The van der Waals surface area contributed by atoms with Crippen LogP contribution in [-0.2, 0) is 10.8 Å². The van der Waals surface area contributed by atoms with Crippen molar-refractivity contribution in [2.24, 2.45) is 5.73 Å². The van der Waals surface area contributed by atoms with Crippen LogP contribution in [0.3, 0.4) is 0 Å². The Labute approximate surface area is 154 Å². The molecule has 0 bridgehead atoms. The highest BCUT2D eigenvalue weighted by Crippen LogP contribution is 2.45. The maximum atomic E-state index is 9.74. The highest BCUT2D eigenvalue weighted by atomic mass is 16.5. The minimum atomic E-state index is -0.286. The topological polar surface area (TPSA) is 87.7 Å². The SMILES string of the molecule is CC(C)(C)c1ccc(C2C(C#N)=C(N)Oc3n[nH]c(C(C)(C)C)c32)cc1. The summed E-state index contributed by atoms with van der Waals surface area (Å²) in [6.07, 6.45) is 0. The van der Waals surface area contributed by atoms with Crippen molar-refractivity contribution in [3.05, 3.63) is 58.1 Å². The number of nitrogens with two attached hydrogens (primary N) is 1. The third-order valence-electron chi connectivity index (χ3n) is 4.80. The number of fused-ring (bicyclic) bond motifs is 1. The highest BCUT2D eigenvalue weighted by molar-refractivity contribution is 5.56.